The van der Waals surface area contributed by atoms with E-state index in [9.17, 15) is 0 Å². The van der Waals surface area contributed by atoms with E-state index in [-0.39, 0.29) is 0 Å². The summed E-state index contributed by atoms with van der Waals surface area (Å²) < 4.78 is 7.70. The molecule has 2 aromatic rings. The molecule has 0 aromatic carbocycles. The molecular weight excluding hydrogens is 342 g/mol. The Labute approximate surface area is 160 Å². The van der Waals surface area contributed by atoms with E-state index >= 15 is 0 Å². The molecule has 2 aliphatic heterocycles. The average Bonchev–Trinajstić information content (AvgIpc) is 3.38. The van der Waals surface area contributed by atoms with E-state index in [0.29, 0.717) is 11.8 Å². The van der Waals surface area contributed by atoms with E-state index in [1.54, 1.807) is 19.5 Å². The number of nitrogens with zero attached hydrogens (tertiary/aromatic N) is 7. The van der Waals surface area contributed by atoms with Gasteiger partial charge in [-0.25, -0.2) is 9.97 Å². The van der Waals surface area contributed by atoms with Crippen LogP contribution in [0, 0.1) is 0 Å². The summed E-state index contributed by atoms with van der Waals surface area (Å²) >= 11 is 0. The first kappa shape index (κ1) is 18.2. The smallest absolute Gasteiger partial charge is 0.257 e. The molecule has 0 saturated carbocycles. The Morgan fingerprint density at radius 1 is 1.04 bits per heavy atom. The van der Waals surface area contributed by atoms with Crippen molar-refractivity contribution >= 4 is 5.82 Å². The van der Waals surface area contributed by atoms with Gasteiger partial charge in [0.1, 0.15) is 11.6 Å². The highest BCUT2D eigenvalue weighted by Gasteiger charge is 2.28. The molecule has 4 heterocycles. The first-order chi connectivity index (χ1) is 13.3. The molecule has 0 atom stereocenters. The highest BCUT2D eigenvalue weighted by molar-refractivity contribution is 5.48. The van der Waals surface area contributed by atoms with Crippen LogP contribution in [0.1, 0.15) is 50.2 Å². The summed E-state index contributed by atoms with van der Waals surface area (Å²) in [6, 6.07) is 0. The molecule has 2 aliphatic rings. The Balaban J connectivity index is 1.44. The van der Waals surface area contributed by atoms with Crippen molar-refractivity contribution in [1.82, 2.24) is 29.6 Å². The number of aromatic nitrogens is 5. The lowest BCUT2D eigenvalue weighted by molar-refractivity contribution is 0.315. The van der Waals surface area contributed by atoms with E-state index < -0.39 is 0 Å². The van der Waals surface area contributed by atoms with Crippen molar-refractivity contribution in [2.24, 2.45) is 0 Å². The standard InChI is InChI=1S/C19H29N7O/c1-3-26-16(14-24-10-4-5-11-24)22-23-17(26)15-6-12-25(13-7-15)18-19(27-2)21-9-8-20-18/h8-9,15H,3-7,10-14H2,1-2H3. The van der Waals surface area contributed by atoms with Gasteiger partial charge in [0.2, 0.25) is 0 Å². The van der Waals surface area contributed by atoms with E-state index in [1.165, 1.54) is 25.9 Å². The van der Waals surface area contributed by atoms with Crippen LogP contribution in [-0.2, 0) is 13.1 Å². The number of ether oxygens (including phenoxy) is 1. The first-order valence-corrected chi connectivity index (χ1v) is 10.0. The van der Waals surface area contributed by atoms with Crippen LogP contribution in [0.2, 0.25) is 0 Å². The van der Waals surface area contributed by atoms with Crippen LogP contribution in [0.5, 0.6) is 5.88 Å². The second kappa shape index (κ2) is 8.21. The number of methoxy groups -OCH3 is 1. The molecule has 2 fully saturated rings. The second-order valence-corrected chi connectivity index (χ2v) is 7.35. The lowest BCUT2D eigenvalue weighted by Crippen LogP contribution is -2.34. The van der Waals surface area contributed by atoms with Crippen LogP contribution in [0.15, 0.2) is 12.4 Å². The van der Waals surface area contributed by atoms with Gasteiger partial charge in [0.25, 0.3) is 5.88 Å². The minimum atomic E-state index is 0.448. The maximum atomic E-state index is 5.37. The third-order valence-electron chi connectivity index (χ3n) is 5.74. The Kier molecular flexibility index (Phi) is 5.52. The van der Waals surface area contributed by atoms with Crippen LogP contribution in [0.25, 0.3) is 0 Å². The maximum absolute atomic E-state index is 5.37. The van der Waals surface area contributed by atoms with Crippen LogP contribution in [0.4, 0.5) is 5.82 Å². The largest absolute Gasteiger partial charge is 0.478 e. The monoisotopic (exact) mass is 371 g/mol. The van der Waals surface area contributed by atoms with Crippen molar-refractivity contribution in [3.8, 4) is 5.88 Å². The van der Waals surface area contributed by atoms with Gasteiger partial charge in [0.05, 0.1) is 13.7 Å². The normalized spacial score (nSPS) is 19.0. The Morgan fingerprint density at radius 3 is 2.48 bits per heavy atom. The molecule has 2 saturated heterocycles. The Hall–Kier alpha value is -2.22. The number of likely N-dealkylation sites (tertiary alicyclic amines) is 1. The molecule has 0 aliphatic carbocycles. The fraction of sp³-hybridized carbons (Fsp3) is 0.684. The van der Waals surface area contributed by atoms with Crippen LogP contribution >= 0.6 is 0 Å². The molecule has 0 radical (unpaired) electrons. The molecule has 2 aromatic heterocycles. The van der Waals surface area contributed by atoms with Crippen molar-refractivity contribution in [3.05, 3.63) is 24.0 Å². The Bertz CT molecular complexity index is 748. The summed E-state index contributed by atoms with van der Waals surface area (Å²) in [7, 11) is 1.64. The number of hydrogen-bond acceptors (Lipinski definition) is 7. The summed E-state index contributed by atoms with van der Waals surface area (Å²) in [5.41, 5.74) is 0. The highest BCUT2D eigenvalue weighted by atomic mass is 16.5. The van der Waals surface area contributed by atoms with Gasteiger partial charge in [0.15, 0.2) is 5.82 Å². The van der Waals surface area contributed by atoms with Crippen LogP contribution in [0.3, 0.4) is 0 Å². The Morgan fingerprint density at radius 2 is 1.78 bits per heavy atom. The zero-order valence-electron chi connectivity index (χ0n) is 16.3. The zero-order chi connectivity index (χ0) is 18.6. The topological polar surface area (TPSA) is 72.2 Å². The molecule has 0 unspecified atom stereocenters. The fourth-order valence-electron chi connectivity index (χ4n) is 4.28. The van der Waals surface area contributed by atoms with Gasteiger partial charge in [-0.3, -0.25) is 4.90 Å². The average molecular weight is 371 g/mol. The van der Waals surface area contributed by atoms with Gasteiger partial charge in [-0.15, -0.1) is 10.2 Å². The lowest BCUT2D eigenvalue weighted by Gasteiger charge is -2.32. The van der Waals surface area contributed by atoms with E-state index in [0.717, 1.165) is 56.5 Å². The zero-order valence-corrected chi connectivity index (χ0v) is 16.3. The predicted molar refractivity (Wildman–Crippen MR) is 103 cm³/mol. The summed E-state index contributed by atoms with van der Waals surface area (Å²) in [4.78, 5) is 13.5. The third-order valence-corrected chi connectivity index (χ3v) is 5.74. The van der Waals surface area contributed by atoms with E-state index in [1.807, 2.05) is 0 Å². The SMILES string of the molecule is CCn1c(CN2CCCC2)nnc1C1CCN(c2nccnc2OC)CC1. The van der Waals surface area contributed by atoms with Gasteiger partial charge in [-0.2, -0.15) is 0 Å². The van der Waals surface area contributed by atoms with Crippen molar-refractivity contribution in [2.75, 3.05) is 38.2 Å². The molecule has 0 amide bonds. The van der Waals surface area contributed by atoms with Gasteiger partial charge >= 0.3 is 0 Å². The molecule has 8 nitrogen and oxygen atoms in total. The molecule has 0 spiro atoms. The summed E-state index contributed by atoms with van der Waals surface area (Å²) in [6.45, 7) is 8.28. The minimum Gasteiger partial charge on any atom is -0.478 e. The molecule has 4 rings (SSSR count). The van der Waals surface area contributed by atoms with Crippen LogP contribution < -0.4 is 9.64 Å². The van der Waals surface area contributed by atoms with Crippen molar-refractivity contribution in [3.63, 3.8) is 0 Å². The highest BCUT2D eigenvalue weighted by Crippen LogP contribution is 2.32. The maximum Gasteiger partial charge on any atom is 0.257 e. The first-order valence-electron chi connectivity index (χ1n) is 10.0. The van der Waals surface area contributed by atoms with Crippen molar-refractivity contribution in [1.29, 1.82) is 0 Å². The molecular formula is C19H29N7O. The van der Waals surface area contributed by atoms with Gasteiger partial charge in [-0.05, 0) is 45.7 Å². The van der Waals surface area contributed by atoms with Crippen LogP contribution in [-0.4, -0.2) is 62.9 Å². The van der Waals surface area contributed by atoms with E-state index in [4.69, 9.17) is 4.74 Å². The number of hydrogen-bond donors (Lipinski definition) is 0. The predicted octanol–water partition coefficient (Wildman–Crippen LogP) is 2.08. The molecule has 0 N–H and O–H groups in total. The lowest BCUT2D eigenvalue weighted by atomic mass is 9.96. The number of piperidine rings is 1. The second-order valence-electron chi connectivity index (χ2n) is 7.35. The minimum absolute atomic E-state index is 0.448. The van der Waals surface area contributed by atoms with Crippen molar-refractivity contribution in [2.45, 2.75) is 51.6 Å². The summed E-state index contributed by atoms with van der Waals surface area (Å²) in [5, 5.41) is 9.14. The number of rotatable bonds is 6. The molecule has 146 valence electrons. The number of anilines is 1. The van der Waals surface area contributed by atoms with Crippen molar-refractivity contribution < 1.29 is 4.74 Å². The fourth-order valence-corrected chi connectivity index (χ4v) is 4.28. The molecule has 0 bridgehead atoms. The van der Waals surface area contributed by atoms with E-state index in [2.05, 4.69) is 41.5 Å². The third kappa shape index (κ3) is 3.76. The van der Waals surface area contributed by atoms with Gasteiger partial charge < -0.3 is 14.2 Å². The van der Waals surface area contributed by atoms with Gasteiger partial charge in [-0.1, -0.05) is 0 Å². The quantitative estimate of drug-likeness (QED) is 0.770. The summed E-state index contributed by atoms with van der Waals surface area (Å²) in [6.07, 6.45) is 8.08. The summed E-state index contributed by atoms with van der Waals surface area (Å²) in [5.74, 6) is 4.15. The van der Waals surface area contributed by atoms with Gasteiger partial charge in [0, 0.05) is 37.9 Å². The molecule has 27 heavy (non-hydrogen) atoms. The molecule has 8 heteroatoms.